The van der Waals surface area contributed by atoms with E-state index in [4.69, 9.17) is 0 Å². The van der Waals surface area contributed by atoms with Gasteiger partial charge in [-0.15, -0.1) is 0 Å². The standard InChI is InChI=1S/C26H22N2O2S/c1-18(27-26(30)22-15-9-11-19-10-5-6-14-21(19)22)25(29)28-23-16-7-8-17-24(23)31-20-12-3-2-4-13-20/h2-18H,1H3,(H,27,30)(H,28,29)/t18-/m0/s1. The van der Waals surface area contributed by atoms with Gasteiger partial charge in [0.15, 0.2) is 0 Å². The van der Waals surface area contributed by atoms with Crippen molar-refractivity contribution < 1.29 is 9.59 Å². The van der Waals surface area contributed by atoms with E-state index >= 15 is 0 Å². The lowest BCUT2D eigenvalue weighted by molar-refractivity contribution is -0.117. The second kappa shape index (κ2) is 9.49. The minimum Gasteiger partial charge on any atom is -0.340 e. The fourth-order valence-electron chi connectivity index (χ4n) is 3.28. The Bertz CT molecular complexity index is 1220. The number of hydrogen-bond acceptors (Lipinski definition) is 3. The predicted octanol–water partition coefficient (Wildman–Crippen LogP) is 5.75. The van der Waals surface area contributed by atoms with Gasteiger partial charge >= 0.3 is 0 Å². The molecule has 0 aliphatic carbocycles. The van der Waals surface area contributed by atoms with Crippen LogP contribution in [0, 0.1) is 0 Å². The van der Waals surface area contributed by atoms with Gasteiger partial charge in [0.05, 0.1) is 5.69 Å². The van der Waals surface area contributed by atoms with E-state index in [9.17, 15) is 9.59 Å². The van der Waals surface area contributed by atoms with Gasteiger partial charge in [0.2, 0.25) is 5.91 Å². The number of hydrogen-bond donors (Lipinski definition) is 2. The Hall–Kier alpha value is -3.57. The maximum atomic E-state index is 12.8. The van der Waals surface area contributed by atoms with Crippen LogP contribution in [-0.4, -0.2) is 17.9 Å². The predicted molar refractivity (Wildman–Crippen MR) is 127 cm³/mol. The van der Waals surface area contributed by atoms with Crippen LogP contribution in [-0.2, 0) is 4.79 Å². The fourth-order valence-corrected chi connectivity index (χ4v) is 4.20. The number of anilines is 1. The number of carbonyl (C=O) groups excluding carboxylic acids is 2. The summed E-state index contributed by atoms with van der Waals surface area (Å²) in [6, 6.07) is 30.2. The molecule has 2 N–H and O–H groups in total. The normalized spacial score (nSPS) is 11.6. The Labute approximate surface area is 185 Å². The summed E-state index contributed by atoms with van der Waals surface area (Å²) in [6.45, 7) is 1.69. The molecular formula is C26H22N2O2S. The van der Waals surface area contributed by atoms with E-state index in [-0.39, 0.29) is 11.8 Å². The quantitative estimate of drug-likeness (QED) is 0.413. The highest BCUT2D eigenvalue weighted by Crippen LogP contribution is 2.33. The van der Waals surface area contributed by atoms with Crippen molar-refractivity contribution in [1.29, 1.82) is 0 Å². The number of benzene rings is 4. The molecule has 0 spiro atoms. The average Bonchev–Trinajstić information content (AvgIpc) is 2.80. The molecule has 31 heavy (non-hydrogen) atoms. The molecule has 4 aromatic carbocycles. The van der Waals surface area contributed by atoms with Crippen LogP contribution in [0.5, 0.6) is 0 Å². The first-order chi connectivity index (χ1) is 15.1. The number of nitrogens with one attached hydrogen (secondary N) is 2. The molecule has 4 rings (SSSR count). The molecule has 0 radical (unpaired) electrons. The molecule has 4 nitrogen and oxygen atoms in total. The van der Waals surface area contributed by atoms with Gasteiger partial charge in [-0.1, -0.05) is 78.5 Å². The van der Waals surface area contributed by atoms with Crippen LogP contribution in [0.15, 0.2) is 107 Å². The molecule has 0 aliphatic rings. The lowest BCUT2D eigenvalue weighted by Crippen LogP contribution is -2.41. The van der Waals surface area contributed by atoms with Gasteiger partial charge in [-0.05, 0) is 48.0 Å². The van der Waals surface area contributed by atoms with Gasteiger partial charge < -0.3 is 10.6 Å². The fraction of sp³-hybridized carbons (Fsp3) is 0.0769. The number of amides is 2. The van der Waals surface area contributed by atoms with Crippen LogP contribution in [0.1, 0.15) is 17.3 Å². The molecule has 0 aliphatic heterocycles. The van der Waals surface area contributed by atoms with E-state index in [2.05, 4.69) is 10.6 Å². The van der Waals surface area contributed by atoms with Crippen LogP contribution >= 0.6 is 11.8 Å². The largest absolute Gasteiger partial charge is 0.340 e. The van der Waals surface area contributed by atoms with E-state index in [0.717, 1.165) is 20.6 Å². The van der Waals surface area contributed by atoms with E-state index < -0.39 is 6.04 Å². The van der Waals surface area contributed by atoms with Crippen molar-refractivity contribution in [2.24, 2.45) is 0 Å². The van der Waals surface area contributed by atoms with Crippen LogP contribution in [0.3, 0.4) is 0 Å². The molecule has 4 aromatic rings. The van der Waals surface area contributed by atoms with Crippen LogP contribution in [0.2, 0.25) is 0 Å². The average molecular weight is 427 g/mol. The van der Waals surface area contributed by atoms with Crippen molar-refractivity contribution in [3.63, 3.8) is 0 Å². The Morgan fingerprint density at radius 2 is 1.45 bits per heavy atom. The third-order valence-electron chi connectivity index (χ3n) is 4.89. The van der Waals surface area contributed by atoms with Crippen LogP contribution in [0.25, 0.3) is 10.8 Å². The zero-order valence-electron chi connectivity index (χ0n) is 17.0. The van der Waals surface area contributed by atoms with Crippen molar-refractivity contribution in [3.8, 4) is 0 Å². The molecule has 1 atom stereocenters. The van der Waals surface area contributed by atoms with Crippen LogP contribution in [0.4, 0.5) is 5.69 Å². The minimum atomic E-state index is -0.693. The Morgan fingerprint density at radius 1 is 0.774 bits per heavy atom. The lowest BCUT2D eigenvalue weighted by Gasteiger charge is -2.16. The molecule has 0 saturated heterocycles. The molecule has 0 aromatic heterocycles. The van der Waals surface area contributed by atoms with E-state index in [1.165, 1.54) is 0 Å². The summed E-state index contributed by atoms with van der Waals surface area (Å²) >= 11 is 1.58. The summed E-state index contributed by atoms with van der Waals surface area (Å²) in [5.74, 6) is -0.541. The Kier molecular flexibility index (Phi) is 6.34. The summed E-state index contributed by atoms with van der Waals surface area (Å²) < 4.78 is 0. The number of carbonyl (C=O) groups is 2. The highest BCUT2D eigenvalue weighted by Gasteiger charge is 2.19. The SMILES string of the molecule is C[C@H](NC(=O)c1cccc2ccccc12)C(=O)Nc1ccccc1Sc1ccccc1. The molecule has 0 fully saturated rings. The first-order valence-electron chi connectivity index (χ1n) is 10.0. The smallest absolute Gasteiger partial charge is 0.252 e. The molecule has 0 unspecified atom stereocenters. The first kappa shape index (κ1) is 20.7. The monoisotopic (exact) mass is 426 g/mol. The van der Waals surface area contributed by atoms with Crippen molar-refractivity contribution in [1.82, 2.24) is 5.32 Å². The Balaban J connectivity index is 1.46. The van der Waals surface area contributed by atoms with Crippen molar-refractivity contribution in [3.05, 3.63) is 103 Å². The maximum absolute atomic E-state index is 12.8. The summed E-state index contributed by atoms with van der Waals surface area (Å²) in [5.41, 5.74) is 1.27. The van der Waals surface area contributed by atoms with E-state index in [0.29, 0.717) is 11.3 Å². The second-order valence-corrected chi connectivity index (χ2v) is 8.24. The molecule has 154 valence electrons. The first-order valence-corrected chi connectivity index (χ1v) is 10.8. The van der Waals surface area contributed by atoms with Crippen LogP contribution < -0.4 is 10.6 Å². The van der Waals surface area contributed by atoms with E-state index in [1.54, 1.807) is 24.8 Å². The Morgan fingerprint density at radius 3 is 2.29 bits per heavy atom. The number of rotatable bonds is 6. The van der Waals surface area contributed by atoms with Gasteiger partial charge in [0.1, 0.15) is 6.04 Å². The van der Waals surface area contributed by atoms with E-state index in [1.807, 2.05) is 91.0 Å². The molecule has 0 heterocycles. The summed E-state index contributed by atoms with van der Waals surface area (Å²) in [5, 5.41) is 7.62. The molecule has 5 heteroatoms. The van der Waals surface area contributed by atoms with Gasteiger partial charge in [-0.2, -0.15) is 0 Å². The molecule has 0 bridgehead atoms. The second-order valence-electron chi connectivity index (χ2n) is 7.12. The maximum Gasteiger partial charge on any atom is 0.252 e. The van der Waals surface area contributed by atoms with Crippen molar-refractivity contribution in [2.45, 2.75) is 22.8 Å². The zero-order valence-corrected chi connectivity index (χ0v) is 17.9. The molecular weight excluding hydrogens is 404 g/mol. The van der Waals surface area contributed by atoms with Gasteiger partial charge in [-0.3, -0.25) is 9.59 Å². The third kappa shape index (κ3) is 4.95. The highest BCUT2D eigenvalue weighted by molar-refractivity contribution is 7.99. The highest BCUT2D eigenvalue weighted by atomic mass is 32.2. The molecule has 2 amide bonds. The number of para-hydroxylation sites is 1. The summed E-state index contributed by atoms with van der Waals surface area (Å²) in [7, 11) is 0. The molecule has 0 saturated carbocycles. The van der Waals surface area contributed by atoms with Crippen molar-refractivity contribution in [2.75, 3.05) is 5.32 Å². The van der Waals surface area contributed by atoms with Gasteiger partial charge in [0.25, 0.3) is 5.91 Å². The number of fused-ring (bicyclic) bond motifs is 1. The minimum absolute atomic E-state index is 0.269. The van der Waals surface area contributed by atoms with Crippen molar-refractivity contribution >= 4 is 40.0 Å². The van der Waals surface area contributed by atoms with Gasteiger partial charge in [0, 0.05) is 15.4 Å². The third-order valence-corrected chi connectivity index (χ3v) is 5.97. The summed E-state index contributed by atoms with van der Waals surface area (Å²) in [6.07, 6.45) is 0. The lowest BCUT2D eigenvalue weighted by atomic mass is 10.0. The summed E-state index contributed by atoms with van der Waals surface area (Å²) in [4.78, 5) is 27.7. The van der Waals surface area contributed by atoms with Gasteiger partial charge in [-0.25, -0.2) is 0 Å². The topological polar surface area (TPSA) is 58.2 Å². The zero-order chi connectivity index (χ0) is 21.6.